The lowest BCUT2D eigenvalue weighted by atomic mass is 9.70. The molecule has 0 amide bonds. The number of nitrogens with two attached hydrogens (primary N) is 1. The second-order valence-corrected chi connectivity index (χ2v) is 7.13. The molecular weight excluding hydrogens is 260 g/mol. The van der Waals surface area contributed by atoms with Crippen LogP contribution in [0, 0.1) is 17.8 Å². The van der Waals surface area contributed by atoms with Gasteiger partial charge in [-0.3, -0.25) is 11.3 Å². The largest absolute Gasteiger partial charge is 0.377 e. The summed E-state index contributed by atoms with van der Waals surface area (Å²) < 4.78 is 6.24. The number of ether oxygens (including phenoxy) is 1. The fourth-order valence-corrected chi connectivity index (χ4v) is 4.87. The zero-order chi connectivity index (χ0) is 15.1. The number of hydrogen-bond acceptors (Lipinski definition) is 3. The molecule has 4 unspecified atom stereocenters. The van der Waals surface area contributed by atoms with Crippen molar-refractivity contribution in [2.45, 2.75) is 90.2 Å². The van der Waals surface area contributed by atoms with Crippen LogP contribution in [0.1, 0.15) is 78.1 Å². The van der Waals surface area contributed by atoms with Gasteiger partial charge in [0.15, 0.2) is 0 Å². The molecule has 2 aliphatic carbocycles. The zero-order valence-electron chi connectivity index (χ0n) is 14.2. The first-order chi connectivity index (χ1) is 10.3. The third kappa shape index (κ3) is 4.43. The van der Waals surface area contributed by atoms with E-state index in [2.05, 4.69) is 19.3 Å². The predicted molar refractivity (Wildman–Crippen MR) is 88.8 cm³/mol. The molecule has 2 aliphatic rings. The van der Waals surface area contributed by atoms with E-state index < -0.39 is 0 Å². The van der Waals surface area contributed by atoms with Gasteiger partial charge >= 0.3 is 0 Å². The van der Waals surface area contributed by atoms with E-state index in [4.69, 9.17) is 10.6 Å². The van der Waals surface area contributed by atoms with Crippen molar-refractivity contribution in [2.75, 3.05) is 6.61 Å². The van der Waals surface area contributed by atoms with Gasteiger partial charge in [0, 0.05) is 6.61 Å². The van der Waals surface area contributed by atoms with Crippen molar-refractivity contribution >= 4 is 0 Å². The van der Waals surface area contributed by atoms with Crippen LogP contribution < -0.4 is 11.3 Å². The van der Waals surface area contributed by atoms with E-state index in [1.165, 1.54) is 64.2 Å². The van der Waals surface area contributed by atoms with E-state index in [-0.39, 0.29) is 0 Å². The Morgan fingerprint density at radius 2 is 1.67 bits per heavy atom. The monoisotopic (exact) mass is 296 g/mol. The Kier molecular flexibility index (Phi) is 7.48. The van der Waals surface area contributed by atoms with Gasteiger partial charge in [-0.05, 0) is 43.9 Å². The molecule has 21 heavy (non-hydrogen) atoms. The summed E-state index contributed by atoms with van der Waals surface area (Å²) in [6.45, 7) is 5.28. The van der Waals surface area contributed by atoms with Crippen LogP contribution in [0.4, 0.5) is 0 Å². The minimum absolute atomic E-state index is 0.317. The lowest BCUT2D eigenvalue weighted by Gasteiger charge is -2.43. The average Bonchev–Trinajstić information content (AvgIpc) is 2.56. The quantitative estimate of drug-likeness (QED) is 0.551. The van der Waals surface area contributed by atoms with Crippen LogP contribution in [0.25, 0.3) is 0 Å². The Morgan fingerprint density at radius 1 is 1.00 bits per heavy atom. The summed E-state index contributed by atoms with van der Waals surface area (Å²) in [6.07, 6.45) is 13.9. The maximum atomic E-state index is 6.24. The molecule has 2 rings (SSSR count). The standard InChI is InChI=1S/C18H36N2O/c1-3-14-10-8-9-13-16(14)17(20-19)18(21-4-2)15-11-6-5-7-12-15/h14-18,20H,3-13,19H2,1-2H3. The van der Waals surface area contributed by atoms with Gasteiger partial charge in [-0.1, -0.05) is 51.9 Å². The van der Waals surface area contributed by atoms with Gasteiger partial charge < -0.3 is 4.74 Å². The fourth-order valence-electron chi connectivity index (χ4n) is 4.87. The summed E-state index contributed by atoms with van der Waals surface area (Å²) in [7, 11) is 0. The lowest BCUT2D eigenvalue weighted by molar-refractivity contribution is -0.0440. The molecular formula is C18H36N2O. The third-order valence-electron chi connectivity index (χ3n) is 5.97. The third-order valence-corrected chi connectivity index (χ3v) is 5.97. The van der Waals surface area contributed by atoms with Gasteiger partial charge in [0.25, 0.3) is 0 Å². The molecule has 2 saturated carbocycles. The van der Waals surface area contributed by atoms with Crippen molar-refractivity contribution < 1.29 is 4.74 Å². The molecule has 0 aromatic heterocycles. The Morgan fingerprint density at radius 3 is 2.29 bits per heavy atom. The molecule has 0 aromatic carbocycles. The molecule has 124 valence electrons. The van der Waals surface area contributed by atoms with Crippen LogP contribution in [-0.4, -0.2) is 18.8 Å². The number of hydrazine groups is 1. The smallest absolute Gasteiger partial charge is 0.0772 e. The van der Waals surface area contributed by atoms with Crippen molar-refractivity contribution in [3.63, 3.8) is 0 Å². The minimum atomic E-state index is 0.317. The molecule has 0 saturated heterocycles. The van der Waals surface area contributed by atoms with E-state index in [9.17, 15) is 0 Å². The summed E-state index contributed by atoms with van der Waals surface area (Å²) >= 11 is 0. The Labute approximate surface area is 131 Å². The Hall–Kier alpha value is -0.120. The van der Waals surface area contributed by atoms with Gasteiger partial charge in [-0.25, -0.2) is 0 Å². The predicted octanol–water partition coefficient (Wildman–Crippen LogP) is 4.02. The van der Waals surface area contributed by atoms with Crippen LogP contribution in [0.5, 0.6) is 0 Å². The van der Waals surface area contributed by atoms with Crippen molar-refractivity contribution in [1.82, 2.24) is 5.43 Å². The normalized spacial score (nSPS) is 31.0. The minimum Gasteiger partial charge on any atom is -0.377 e. The van der Waals surface area contributed by atoms with E-state index in [1.54, 1.807) is 0 Å². The lowest BCUT2D eigenvalue weighted by Crippen LogP contribution is -2.55. The van der Waals surface area contributed by atoms with Crippen molar-refractivity contribution in [3.8, 4) is 0 Å². The average molecular weight is 296 g/mol. The Balaban J connectivity index is 2.09. The SMILES string of the molecule is CCOC(C1CCCCC1)C(NN)C1CCCCC1CC. The van der Waals surface area contributed by atoms with Gasteiger partial charge in [-0.15, -0.1) is 0 Å². The van der Waals surface area contributed by atoms with Gasteiger partial charge in [0.1, 0.15) is 0 Å². The number of rotatable bonds is 7. The zero-order valence-corrected chi connectivity index (χ0v) is 14.2. The van der Waals surface area contributed by atoms with E-state index in [1.807, 2.05) is 0 Å². The topological polar surface area (TPSA) is 47.3 Å². The second kappa shape index (κ2) is 9.12. The molecule has 3 nitrogen and oxygen atoms in total. The molecule has 3 N–H and O–H groups in total. The molecule has 4 atom stereocenters. The van der Waals surface area contributed by atoms with Crippen LogP contribution in [-0.2, 0) is 4.74 Å². The van der Waals surface area contributed by atoms with Crippen LogP contribution in [0.15, 0.2) is 0 Å². The summed E-state index contributed by atoms with van der Waals surface area (Å²) in [6, 6.07) is 0.346. The Bertz CT molecular complexity index is 278. The molecule has 0 aliphatic heterocycles. The first-order valence-corrected chi connectivity index (χ1v) is 9.39. The summed E-state index contributed by atoms with van der Waals surface area (Å²) in [5.74, 6) is 8.26. The molecule has 0 heterocycles. The molecule has 2 fully saturated rings. The summed E-state index contributed by atoms with van der Waals surface area (Å²) in [4.78, 5) is 0. The van der Waals surface area contributed by atoms with Gasteiger partial charge in [0.05, 0.1) is 12.1 Å². The number of hydrogen-bond donors (Lipinski definition) is 2. The first kappa shape index (κ1) is 17.2. The van der Waals surface area contributed by atoms with Crippen LogP contribution >= 0.6 is 0 Å². The highest BCUT2D eigenvalue weighted by atomic mass is 16.5. The summed E-state index contributed by atoms with van der Waals surface area (Å²) in [5, 5.41) is 0. The van der Waals surface area contributed by atoms with Crippen molar-refractivity contribution in [3.05, 3.63) is 0 Å². The van der Waals surface area contributed by atoms with E-state index in [0.717, 1.165) is 12.5 Å². The highest BCUT2D eigenvalue weighted by molar-refractivity contribution is 4.92. The first-order valence-electron chi connectivity index (χ1n) is 9.39. The van der Waals surface area contributed by atoms with Crippen LogP contribution in [0.2, 0.25) is 0 Å². The molecule has 0 radical (unpaired) electrons. The van der Waals surface area contributed by atoms with Gasteiger partial charge in [-0.2, -0.15) is 0 Å². The molecule has 3 heteroatoms. The molecule has 0 spiro atoms. The molecule has 0 bridgehead atoms. The number of nitrogens with one attached hydrogen (secondary N) is 1. The maximum absolute atomic E-state index is 6.24. The van der Waals surface area contributed by atoms with E-state index >= 15 is 0 Å². The van der Waals surface area contributed by atoms with Crippen molar-refractivity contribution in [1.29, 1.82) is 0 Å². The fraction of sp³-hybridized carbons (Fsp3) is 1.00. The van der Waals surface area contributed by atoms with Crippen molar-refractivity contribution in [2.24, 2.45) is 23.6 Å². The highest BCUT2D eigenvalue weighted by Crippen LogP contribution is 2.39. The molecule has 0 aromatic rings. The highest BCUT2D eigenvalue weighted by Gasteiger charge is 2.39. The van der Waals surface area contributed by atoms with E-state index in [0.29, 0.717) is 24.0 Å². The second-order valence-electron chi connectivity index (χ2n) is 7.13. The van der Waals surface area contributed by atoms with Crippen LogP contribution in [0.3, 0.4) is 0 Å². The van der Waals surface area contributed by atoms with Gasteiger partial charge in [0.2, 0.25) is 0 Å². The summed E-state index contributed by atoms with van der Waals surface area (Å²) in [5.41, 5.74) is 3.19. The maximum Gasteiger partial charge on any atom is 0.0772 e.